The van der Waals surface area contributed by atoms with E-state index in [-0.39, 0.29) is 6.10 Å². The molecule has 0 bridgehead atoms. The van der Waals surface area contributed by atoms with E-state index in [2.05, 4.69) is 6.92 Å². The van der Waals surface area contributed by atoms with E-state index in [0.29, 0.717) is 6.42 Å². The van der Waals surface area contributed by atoms with E-state index in [1.807, 2.05) is 0 Å². The lowest BCUT2D eigenvalue weighted by molar-refractivity contribution is -0.137. The monoisotopic (exact) mass is 300 g/mol. The molecule has 0 aromatic heterocycles. The minimum absolute atomic E-state index is 0.0952. The second-order valence-electron chi connectivity index (χ2n) is 6.26. The Kier molecular flexibility index (Phi) is 15.4. The van der Waals surface area contributed by atoms with Gasteiger partial charge in [0, 0.05) is 6.42 Å². The predicted octanol–water partition coefficient (Wildman–Crippen LogP) is 5.30. The van der Waals surface area contributed by atoms with Gasteiger partial charge in [-0.1, -0.05) is 77.6 Å². The van der Waals surface area contributed by atoms with Crippen LogP contribution in [0.3, 0.4) is 0 Å². The Balaban J connectivity index is 3.14. The summed E-state index contributed by atoms with van der Waals surface area (Å²) in [4.78, 5) is 10.3. The Morgan fingerprint density at radius 1 is 0.762 bits per heavy atom. The van der Waals surface area contributed by atoms with Crippen LogP contribution in [-0.2, 0) is 4.79 Å². The SMILES string of the molecule is CCCCCCC[C@H](O)CCCCCCCCCC(=O)O. The van der Waals surface area contributed by atoms with Crippen LogP contribution in [0.4, 0.5) is 0 Å². The molecule has 0 saturated carbocycles. The average Bonchev–Trinajstić information content (AvgIpc) is 2.45. The van der Waals surface area contributed by atoms with E-state index in [0.717, 1.165) is 38.5 Å². The Morgan fingerprint density at radius 3 is 1.67 bits per heavy atom. The molecule has 2 N–H and O–H groups in total. The van der Waals surface area contributed by atoms with E-state index in [9.17, 15) is 9.90 Å². The van der Waals surface area contributed by atoms with Gasteiger partial charge in [0.15, 0.2) is 0 Å². The lowest BCUT2D eigenvalue weighted by Gasteiger charge is -2.10. The predicted molar refractivity (Wildman–Crippen MR) is 88.6 cm³/mol. The van der Waals surface area contributed by atoms with Crippen LogP contribution in [0.25, 0.3) is 0 Å². The maximum Gasteiger partial charge on any atom is 0.303 e. The van der Waals surface area contributed by atoms with Gasteiger partial charge in [-0.3, -0.25) is 4.79 Å². The van der Waals surface area contributed by atoms with Gasteiger partial charge in [-0.15, -0.1) is 0 Å². The molecule has 0 aliphatic carbocycles. The van der Waals surface area contributed by atoms with Crippen LogP contribution in [0.1, 0.15) is 103 Å². The van der Waals surface area contributed by atoms with Crippen molar-refractivity contribution in [2.24, 2.45) is 0 Å². The molecular weight excluding hydrogens is 264 g/mol. The van der Waals surface area contributed by atoms with Gasteiger partial charge >= 0.3 is 5.97 Å². The van der Waals surface area contributed by atoms with Crippen molar-refractivity contribution >= 4 is 5.97 Å². The molecule has 3 heteroatoms. The summed E-state index contributed by atoms with van der Waals surface area (Å²) >= 11 is 0. The summed E-state index contributed by atoms with van der Waals surface area (Å²) in [5.74, 6) is -0.682. The zero-order chi connectivity index (χ0) is 15.8. The molecule has 0 aliphatic heterocycles. The van der Waals surface area contributed by atoms with E-state index in [1.54, 1.807) is 0 Å². The smallest absolute Gasteiger partial charge is 0.303 e. The molecule has 0 unspecified atom stereocenters. The molecule has 21 heavy (non-hydrogen) atoms. The van der Waals surface area contributed by atoms with Gasteiger partial charge in [0.25, 0.3) is 0 Å². The van der Waals surface area contributed by atoms with Crippen LogP contribution >= 0.6 is 0 Å². The molecule has 0 radical (unpaired) electrons. The maximum absolute atomic E-state index is 10.3. The van der Waals surface area contributed by atoms with Gasteiger partial charge in [-0.2, -0.15) is 0 Å². The largest absolute Gasteiger partial charge is 0.481 e. The first-order chi connectivity index (χ1) is 10.2. The van der Waals surface area contributed by atoms with Crippen molar-refractivity contribution in [3.05, 3.63) is 0 Å². The number of carboxylic acids is 1. The third-order valence-electron chi connectivity index (χ3n) is 4.07. The zero-order valence-corrected chi connectivity index (χ0v) is 14.0. The molecule has 0 aromatic carbocycles. The number of carbonyl (C=O) groups is 1. The molecule has 0 heterocycles. The van der Waals surface area contributed by atoms with Crippen LogP contribution in [0.2, 0.25) is 0 Å². The molecule has 126 valence electrons. The molecule has 0 spiro atoms. The summed E-state index contributed by atoms with van der Waals surface area (Å²) in [7, 11) is 0. The van der Waals surface area contributed by atoms with Gasteiger partial charge in [-0.25, -0.2) is 0 Å². The third kappa shape index (κ3) is 17.4. The number of aliphatic hydroxyl groups is 1. The lowest BCUT2D eigenvalue weighted by atomic mass is 10.0. The molecule has 0 amide bonds. The van der Waals surface area contributed by atoms with Crippen LogP contribution < -0.4 is 0 Å². The highest BCUT2D eigenvalue weighted by molar-refractivity contribution is 5.66. The Bertz CT molecular complexity index is 229. The van der Waals surface area contributed by atoms with E-state index in [4.69, 9.17) is 5.11 Å². The summed E-state index contributed by atoms with van der Waals surface area (Å²) in [6.07, 6.45) is 16.2. The molecule has 0 fully saturated rings. The quantitative estimate of drug-likeness (QED) is 0.380. The van der Waals surface area contributed by atoms with Crippen molar-refractivity contribution in [2.45, 2.75) is 109 Å². The number of aliphatic carboxylic acids is 1. The number of hydrogen-bond donors (Lipinski definition) is 2. The summed E-state index contributed by atoms with van der Waals surface area (Å²) in [5, 5.41) is 18.4. The standard InChI is InChI=1S/C18H36O3/c1-2-3-4-8-11-14-17(19)15-12-9-6-5-7-10-13-16-18(20)21/h17,19H,2-16H2,1H3,(H,20,21)/t17-/m0/s1. The fraction of sp³-hybridized carbons (Fsp3) is 0.944. The molecule has 3 nitrogen and oxygen atoms in total. The van der Waals surface area contributed by atoms with Gasteiger partial charge < -0.3 is 10.2 Å². The second-order valence-corrected chi connectivity index (χ2v) is 6.26. The average molecular weight is 300 g/mol. The van der Waals surface area contributed by atoms with Crippen molar-refractivity contribution in [3.63, 3.8) is 0 Å². The first-order valence-corrected chi connectivity index (χ1v) is 9.06. The van der Waals surface area contributed by atoms with Crippen molar-refractivity contribution in [1.82, 2.24) is 0 Å². The van der Waals surface area contributed by atoms with E-state index in [1.165, 1.54) is 51.4 Å². The molecular formula is C18H36O3. The topological polar surface area (TPSA) is 57.5 Å². The number of hydrogen-bond acceptors (Lipinski definition) is 2. The minimum Gasteiger partial charge on any atom is -0.481 e. The van der Waals surface area contributed by atoms with E-state index < -0.39 is 5.97 Å². The van der Waals surface area contributed by atoms with Gasteiger partial charge in [0.1, 0.15) is 0 Å². The van der Waals surface area contributed by atoms with Crippen LogP contribution in [0.15, 0.2) is 0 Å². The Labute approximate surface area is 131 Å². The molecule has 0 aromatic rings. The second kappa shape index (κ2) is 15.8. The van der Waals surface area contributed by atoms with Crippen molar-refractivity contribution in [2.75, 3.05) is 0 Å². The van der Waals surface area contributed by atoms with Crippen molar-refractivity contribution < 1.29 is 15.0 Å². The number of unbranched alkanes of at least 4 members (excludes halogenated alkanes) is 10. The maximum atomic E-state index is 10.3. The number of aliphatic hydroxyl groups excluding tert-OH is 1. The molecule has 1 atom stereocenters. The summed E-state index contributed by atoms with van der Waals surface area (Å²) in [6, 6.07) is 0. The van der Waals surface area contributed by atoms with Gasteiger partial charge in [0.05, 0.1) is 6.10 Å². The molecule has 0 aliphatic rings. The fourth-order valence-corrected chi connectivity index (χ4v) is 2.67. The van der Waals surface area contributed by atoms with Crippen LogP contribution in [0.5, 0.6) is 0 Å². The van der Waals surface area contributed by atoms with Gasteiger partial charge in [0.2, 0.25) is 0 Å². The Hall–Kier alpha value is -0.570. The summed E-state index contributed by atoms with van der Waals surface area (Å²) in [6.45, 7) is 2.22. The highest BCUT2D eigenvalue weighted by atomic mass is 16.4. The van der Waals surface area contributed by atoms with Crippen LogP contribution in [-0.4, -0.2) is 22.3 Å². The number of carboxylic acid groups (broad SMARTS) is 1. The first kappa shape index (κ1) is 20.4. The lowest BCUT2D eigenvalue weighted by Crippen LogP contribution is -2.05. The summed E-state index contributed by atoms with van der Waals surface area (Å²) in [5.41, 5.74) is 0. The minimum atomic E-state index is -0.682. The summed E-state index contributed by atoms with van der Waals surface area (Å²) < 4.78 is 0. The highest BCUT2D eigenvalue weighted by Crippen LogP contribution is 2.14. The zero-order valence-electron chi connectivity index (χ0n) is 14.0. The normalized spacial score (nSPS) is 12.5. The number of rotatable bonds is 16. The van der Waals surface area contributed by atoms with Crippen molar-refractivity contribution in [1.29, 1.82) is 0 Å². The molecule has 0 rings (SSSR count). The van der Waals surface area contributed by atoms with Gasteiger partial charge in [-0.05, 0) is 19.3 Å². The van der Waals surface area contributed by atoms with E-state index >= 15 is 0 Å². The third-order valence-corrected chi connectivity index (χ3v) is 4.07. The fourth-order valence-electron chi connectivity index (χ4n) is 2.67. The highest BCUT2D eigenvalue weighted by Gasteiger charge is 2.03. The first-order valence-electron chi connectivity index (χ1n) is 9.06. The van der Waals surface area contributed by atoms with Crippen molar-refractivity contribution in [3.8, 4) is 0 Å². The molecule has 0 saturated heterocycles. The van der Waals surface area contributed by atoms with Crippen LogP contribution in [0, 0.1) is 0 Å². The Morgan fingerprint density at radius 2 is 1.19 bits per heavy atom.